The van der Waals surface area contributed by atoms with Gasteiger partial charge < -0.3 is 23.5 Å². The van der Waals surface area contributed by atoms with Crippen molar-refractivity contribution in [3.8, 4) is 28.8 Å². The van der Waals surface area contributed by atoms with Gasteiger partial charge in [-0.15, -0.1) is 0 Å². The minimum absolute atomic E-state index is 0.112. The number of fused-ring (bicyclic) bond motifs is 3. The SMILES string of the molecule is CCOC(=O)c1c(C)c(CCC(=O)OC)n2c1-c1cc(OC)c(OC)c(Cl)c1CC2C#N. The summed E-state index contributed by atoms with van der Waals surface area (Å²) in [4.78, 5) is 24.8. The smallest absolute Gasteiger partial charge is 0.340 e. The number of ether oxygens (including phenoxy) is 4. The molecule has 2 aromatic rings. The highest BCUT2D eigenvalue weighted by Gasteiger charge is 2.37. The highest BCUT2D eigenvalue weighted by atomic mass is 35.5. The quantitative estimate of drug-likeness (QED) is 0.575. The first-order valence-corrected chi connectivity index (χ1v) is 10.5. The van der Waals surface area contributed by atoms with E-state index < -0.39 is 12.0 Å². The molecule has 1 aliphatic rings. The third kappa shape index (κ3) is 3.78. The van der Waals surface area contributed by atoms with Crippen LogP contribution in [-0.2, 0) is 27.1 Å². The summed E-state index contributed by atoms with van der Waals surface area (Å²) in [6, 6.07) is 3.43. The molecular weight excluding hydrogens is 436 g/mol. The molecule has 1 unspecified atom stereocenters. The standard InChI is InChI=1S/C23H25ClN2O6/c1-6-32-23(28)19-12(2)16(7-8-18(27)30-4)26-13(11-25)9-14-15(21(19)26)10-17(29-3)22(31-5)20(14)24/h10,13H,6-9H2,1-5H3. The van der Waals surface area contributed by atoms with Crippen LogP contribution in [-0.4, -0.2) is 44.4 Å². The van der Waals surface area contributed by atoms with E-state index in [0.717, 1.165) is 0 Å². The summed E-state index contributed by atoms with van der Waals surface area (Å²) in [5.41, 5.74) is 3.58. The fraction of sp³-hybridized carbons (Fsp3) is 0.435. The van der Waals surface area contributed by atoms with Gasteiger partial charge in [0, 0.05) is 17.7 Å². The molecule has 0 saturated heterocycles. The van der Waals surface area contributed by atoms with Crippen molar-refractivity contribution >= 4 is 23.5 Å². The van der Waals surface area contributed by atoms with Crippen molar-refractivity contribution in [3.63, 3.8) is 0 Å². The molecule has 1 aromatic heterocycles. The van der Waals surface area contributed by atoms with E-state index in [-0.39, 0.29) is 19.0 Å². The van der Waals surface area contributed by atoms with E-state index in [2.05, 4.69) is 6.07 Å². The van der Waals surface area contributed by atoms with Gasteiger partial charge in [-0.3, -0.25) is 4.79 Å². The van der Waals surface area contributed by atoms with E-state index in [4.69, 9.17) is 30.5 Å². The number of nitrogens with zero attached hydrogens (tertiary/aromatic N) is 2. The van der Waals surface area contributed by atoms with Gasteiger partial charge >= 0.3 is 11.9 Å². The first kappa shape index (κ1) is 23.5. The number of halogens is 1. The number of methoxy groups -OCH3 is 3. The zero-order chi connectivity index (χ0) is 23.6. The van der Waals surface area contributed by atoms with Gasteiger partial charge in [0.05, 0.1) is 56.7 Å². The summed E-state index contributed by atoms with van der Waals surface area (Å²) in [6.07, 6.45) is 0.722. The van der Waals surface area contributed by atoms with Crippen LogP contribution in [0.5, 0.6) is 11.5 Å². The van der Waals surface area contributed by atoms with Crippen molar-refractivity contribution < 1.29 is 28.5 Å². The van der Waals surface area contributed by atoms with Crippen molar-refractivity contribution in [3.05, 3.63) is 33.5 Å². The fourth-order valence-corrected chi connectivity index (χ4v) is 4.59. The summed E-state index contributed by atoms with van der Waals surface area (Å²) in [5.74, 6) is -0.113. The summed E-state index contributed by atoms with van der Waals surface area (Å²) >= 11 is 6.66. The second-order valence-electron chi connectivity index (χ2n) is 7.26. The van der Waals surface area contributed by atoms with Crippen LogP contribution in [0, 0.1) is 18.3 Å². The molecule has 0 spiro atoms. The molecule has 3 rings (SSSR count). The van der Waals surface area contributed by atoms with Crippen molar-refractivity contribution in [2.45, 2.75) is 39.2 Å². The minimum Gasteiger partial charge on any atom is -0.493 e. The molecule has 0 N–H and O–H groups in total. The Kier molecular flexibility index (Phi) is 6.99. The van der Waals surface area contributed by atoms with Crippen molar-refractivity contribution in [1.29, 1.82) is 5.26 Å². The van der Waals surface area contributed by atoms with Gasteiger partial charge in [0.1, 0.15) is 6.04 Å². The summed E-state index contributed by atoms with van der Waals surface area (Å²) in [7, 11) is 4.31. The fourth-order valence-electron chi connectivity index (χ4n) is 4.24. The lowest BCUT2D eigenvalue weighted by atomic mass is 9.91. The largest absolute Gasteiger partial charge is 0.493 e. The Bertz CT molecular complexity index is 1120. The molecule has 32 heavy (non-hydrogen) atoms. The van der Waals surface area contributed by atoms with Crippen LogP contribution >= 0.6 is 11.6 Å². The van der Waals surface area contributed by atoms with E-state index in [1.165, 1.54) is 21.3 Å². The van der Waals surface area contributed by atoms with Crippen LogP contribution < -0.4 is 9.47 Å². The van der Waals surface area contributed by atoms with E-state index in [1.54, 1.807) is 19.9 Å². The van der Waals surface area contributed by atoms with Crippen molar-refractivity contribution in [2.75, 3.05) is 27.9 Å². The van der Waals surface area contributed by atoms with Crippen LogP contribution in [0.4, 0.5) is 0 Å². The number of esters is 2. The molecule has 1 aliphatic heterocycles. The van der Waals surface area contributed by atoms with Gasteiger partial charge in [0.2, 0.25) is 0 Å². The molecule has 0 radical (unpaired) electrons. The van der Waals surface area contributed by atoms with Crippen LogP contribution in [0.15, 0.2) is 6.07 Å². The summed E-state index contributed by atoms with van der Waals surface area (Å²) in [6.45, 7) is 3.72. The second kappa shape index (κ2) is 9.53. The number of benzene rings is 1. The lowest BCUT2D eigenvalue weighted by Gasteiger charge is -2.28. The lowest BCUT2D eigenvalue weighted by molar-refractivity contribution is -0.140. The number of carbonyl (C=O) groups excluding carboxylic acids is 2. The average Bonchev–Trinajstić information content (AvgIpc) is 3.09. The number of hydrogen-bond donors (Lipinski definition) is 0. The molecule has 1 aromatic carbocycles. The maximum absolute atomic E-state index is 13.0. The molecule has 2 heterocycles. The molecule has 0 amide bonds. The van der Waals surface area contributed by atoms with Crippen LogP contribution in [0.2, 0.25) is 5.02 Å². The number of hydrogen-bond acceptors (Lipinski definition) is 7. The average molecular weight is 461 g/mol. The lowest BCUT2D eigenvalue weighted by Crippen LogP contribution is -2.21. The molecular formula is C23H25ClN2O6. The first-order valence-electron chi connectivity index (χ1n) is 10.1. The van der Waals surface area contributed by atoms with Gasteiger partial charge in [0.25, 0.3) is 0 Å². The van der Waals surface area contributed by atoms with Gasteiger partial charge in [0.15, 0.2) is 11.5 Å². The Balaban J connectivity index is 2.37. The normalized spacial score (nSPS) is 14.1. The van der Waals surface area contributed by atoms with Crippen molar-refractivity contribution in [1.82, 2.24) is 4.57 Å². The van der Waals surface area contributed by atoms with Gasteiger partial charge in [-0.2, -0.15) is 5.26 Å². The third-order valence-corrected chi connectivity index (χ3v) is 6.08. The zero-order valence-electron chi connectivity index (χ0n) is 18.7. The van der Waals surface area contributed by atoms with Gasteiger partial charge in [-0.25, -0.2) is 4.79 Å². The van der Waals surface area contributed by atoms with Gasteiger partial charge in [-0.05, 0) is 37.5 Å². The third-order valence-electron chi connectivity index (χ3n) is 5.68. The summed E-state index contributed by atoms with van der Waals surface area (Å²) < 4.78 is 22.8. The van der Waals surface area contributed by atoms with E-state index >= 15 is 0 Å². The second-order valence-corrected chi connectivity index (χ2v) is 7.64. The molecule has 9 heteroatoms. The van der Waals surface area contributed by atoms with Crippen LogP contribution in [0.3, 0.4) is 0 Å². The number of rotatable bonds is 7. The Morgan fingerprint density at radius 3 is 2.56 bits per heavy atom. The molecule has 0 fully saturated rings. The minimum atomic E-state index is -0.636. The van der Waals surface area contributed by atoms with Gasteiger partial charge in [-0.1, -0.05) is 11.6 Å². The predicted molar refractivity (Wildman–Crippen MR) is 117 cm³/mol. The van der Waals surface area contributed by atoms with E-state index in [9.17, 15) is 14.9 Å². The highest BCUT2D eigenvalue weighted by Crippen LogP contribution is 2.49. The maximum Gasteiger partial charge on any atom is 0.340 e. The summed E-state index contributed by atoms with van der Waals surface area (Å²) in [5, 5.41) is 10.3. The topological polar surface area (TPSA) is 99.8 Å². The van der Waals surface area contributed by atoms with E-state index in [1.807, 2.05) is 4.57 Å². The van der Waals surface area contributed by atoms with Crippen molar-refractivity contribution in [2.24, 2.45) is 0 Å². The molecule has 0 aliphatic carbocycles. The number of carbonyl (C=O) groups is 2. The highest BCUT2D eigenvalue weighted by molar-refractivity contribution is 6.33. The molecule has 0 saturated carbocycles. The Labute approximate surface area is 191 Å². The Morgan fingerprint density at radius 1 is 1.28 bits per heavy atom. The maximum atomic E-state index is 13.0. The van der Waals surface area contributed by atoms with Crippen LogP contribution in [0.1, 0.15) is 46.6 Å². The molecule has 0 bridgehead atoms. The zero-order valence-corrected chi connectivity index (χ0v) is 19.5. The monoisotopic (exact) mass is 460 g/mol. The van der Waals surface area contributed by atoms with E-state index in [0.29, 0.717) is 63.0 Å². The number of nitriles is 1. The first-order chi connectivity index (χ1) is 15.3. The predicted octanol–water partition coefficient (Wildman–Crippen LogP) is 4.04. The molecule has 170 valence electrons. The molecule has 8 nitrogen and oxygen atoms in total. The number of aromatic nitrogens is 1. The Morgan fingerprint density at radius 2 is 2.00 bits per heavy atom. The molecule has 1 atom stereocenters. The van der Waals surface area contributed by atoms with Crippen LogP contribution in [0.25, 0.3) is 11.3 Å². The Hall–Kier alpha value is -3.18.